The summed E-state index contributed by atoms with van der Waals surface area (Å²) in [6.07, 6.45) is 4.94. The van der Waals surface area contributed by atoms with E-state index in [1.807, 2.05) is 6.07 Å². The van der Waals surface area contributed by atoms with Gasteiger partial charge in [0, 0.05) is 24.0 Å². The number of ether oxygens (including phenoxy) is 1. The number of carboxylic acid groups (broad SMARTS) is 1. The zero-order chi connectivity index (χ0) is 17.8. The average molecular weight is 340 g/mol. The molecule has 1 fully saturated rings. The molecule has 0 saturated carbocycles. The molecule has 2 unspecified atom stereocenters. The fraction of sp³-hybridized carbons (Fsp3) is 0.400. The van der Waals surface area contributed by atoms with E-state index in [0.29, 0.717) is 12.1 Å². The number of pyridine rings is 1. The highest BCUT2D eigenvalue weighted by atomic mass is 16.5. The van der Waals surface area contributed by atoms with Gasteiger partial charge in [-0.2, -0.15) is 0 Å². The lowest BCUT2D eigenvalue weighted by Crippen LogP contribution is -2.29. The molecule has 0 bridgehead atoms. The van der Waals surface area contributed by atoms with Gasteiger partial charge in [0.25, 0.3) is 0 Å². The number of carbonyl (C=O) groups is 1. The van der Waals surface area contributed by atoms with Gasteiger partial charge in [0.05, 0.1) is 12.2 Å². The third kappa shape index (κ3) is 4.17. The Morgan fingerprint density at radius 1 is 1.24 bits per heavy atom. The number of benzene rings is 1. The van der Waals surface area contributed by atoms with Gasteiger partial charge in [0.2, 0.25) is 0 Å². The van der Waals surface area contributed by atoms with Crippen LogP contribution < -0.4 is 5.32 Å². The SMILES string of the molecule is Cc1ccc(C2CCCC(CNc3ccnc(C(=O)O)c3C)O2)cc1. The highest BCUT2D eigenvalue weighted by Crippen LogP contribution is 2.31. The maximum atomic E-state index is 11.2. The van der Waals surface area contributed by atoms with Crippen LogP contribution in [0.1, 0.15) is 52.5 Å². The number of anilines is 1. The van der Waals surface area contributed by atoms with Gasteiger partial charge in [-0.05, 0) is 44.7 Å². The number of aryl methyl sites for hydroxylation is 1. The first-order valence-corrected chi connectivity index (χ1v) is 8.69. The third-order valence-electron chi connectivity index (χ3n) is 4.73. The molecule has 0 amide bonds. The summed E-state index contributed by atoms with van der Waals surface area (Å²) in [7, 11) is 0. The highest BCUT2D eigenvalue weighted by Gasteiger charge is 2.24. The Hall–Kier alpha value is -2.40. The molecule has 2 aromatic rings. The Balaban J connectivity index is 1.63. The van der Waals surface area contributed by atoms with Gasteiger partial charge in [0.1, 0.15) is 0 Å². The van der Waals surface area contributed by atoms with Crippen LogP contribution in [0.15, 0.2) is 36.5 Å². The molecule has 132 valence electrons. The lowest BCUT2D eigenvalue weighted by molar-refractivity contribution is -0.0442. The molecule has 0 spiro atoms. The van der Waals surface area contributed by atoms with E-state index in [1.165, 1.54) is 17.3 Å². The van der Waals surface area contributed by atoms with Crippen molar-refractivity contribution in [3.8, 4) is 0 Å². The lowest BCUT2D eigenvalue weighted by Gasteiger charge is -2.31. The van der Waals surface area contributed by atoms with E-state index >= 15 is 0 Å². The van der Waals surface area contributed by atoms with Gasteiger partial charge in [-0.25, -0.2) is 9.78 Å². The molecule has 1 aromatic carbocycles. The summed E-state index contributed by atoms with van der Waals surface area (Å²) in [5.41, 5.74) is 4.02. The van der Waals surface area contributed by atoms with Crippen LogP contribution in [0.2, 0.25) is 0 Å². The Labute approximate surface area is 148 Å². The second-order valence-electron chi connectivity index (χ2n) is 6.61. The lowest BCUT2D eigenvalue weighted by atomic mass is 9.97. The van der Waals surface area contributed by atoms with Crippen molar-refractivity contribution in [2.45, 2.75) is 45.3 Å². The number of aromatic carboxylic acids is 1. The number of aromatic nitrogens is 1. The van der Waals surface area contributed by atoms with Gasteiger partial charge in [-0.1, -0.05) is 29.8 Å². The standard InChI is InChI=1S/C20H24N2O3/c1-13-6-8-15(9-7-13)18-5-3-4-16(25-18)12-22-17-10-11-21-19(14(17)2)20(23)24/h6-11,16,18H,3-5,12H2,1-2H3,(H,21,22)(H,23,24). The second kappa shape index (κ2) is 7.66. The molecule has 25 heavy (non-hydrogen) atoms. The Kier molecular flexibility index (Phi) is 5.34. The van der Waals surface area contributed by atoms with E-state index in [4.69, 9.17) is 4.74 Å². The minimum absolute atomic E-state index is 0.0899. The molecule has 0 radical (unpaired) electrons. The van der Waals surface area contributed by atoms with E-state index in [9.17, 15) is 9.90 Å². The van der Waals surface area contributed by atoms with Crippen LogP contribution >= 0.6 is 0 Å². The number of hydrogen-bond acceptors (Lipinski definition) is 4. The monoisotopic (exact) mass is 340 g/mol. The second-order valence-corrected chi connectivity index (χ2v) is 6.61. The predicted octanol–water partition coefficient (Wildman–Crippen LogP) is 4.12. The summed E-state index contributed by atoms with van der Waals surface area (Å²) < 4.78 is 6.26. The van der Waals surface area contributed by atoms with Crippen molar-refractivity contribution in [2.75, 3.05) is 11.9 Å². The Morgan fingerprint density at radius 2 is 2.00 bits per heavy atom. The molecule has 0 aliphatic carbocycles. The van der Waals surface area contributed by atoms with Crippen molar-refractivity contribution >= 4 is 11.7 Å². The first-order chi connectivity index (χ1) is 12.0. The molecule has 1 aliphatic rings. The zero-order valence-corrected chi connectivity index (χ0v) is 14.7. The van der Waals surface area contributed by atoms with Crippen molar-refractivity contribution in [3.63, 3.8) is 0 Å². The summed E-state index contributed by atoms with van der Waals surface area (Å²) in [6, 6.07) is 10.3. The van der Waals surface area contributed by atoms with Crippen LogP contribution in [-0.2, 0) is 4.74 Å². The molecule has 1 aromatic heterocycles. The van der Waals surface area contributed by atoms with Crippen molar-refractivity contribution in [2.24, 2.45) is 0 Å². The van der Waals surface area contributed by atoms with Gasteiger partial charge in [-0.15, -0.1) is 0 Å². The molecule has 2 heterocycles. The topological polar surface area (TPSA) is 71.5 Å². The van der Waals surface area contributed by atoms with E-state index in [2.05, 4.69) is 41.5 Å². The van der Waals surface area contributed by atoms with E-state index < -0.39 is 5.97 Å². The highest BCUT2D eigenvalue weighted by molar-refractivity contribution is 5.88. The molecule has 2 atom stereocenters. The third-order valence-corrected chi connectivity index (χ3v) is 4.73. The largest absolute Gasteiger partial charge is 0.477 e. The quantitative estimate of drug-likeness (QED) is 0.857. The normalized spacial score (nSPS) is 20.2. The van der Waals surface area contributed by atoms with Gasteiger partial charge >= 0.3 is 5.97 Å². The number of hydrogen-bond donors (Lipinski definition) is 2. The minimum atomic E-state index is -1.01. The average Bonchev–Trinajstić information content (AvgIpc) is 2.61. The van der Waals surface area contributed by atoms with Crippen molar-refractivity contribution in [3.05, 3.63) is 58.9 Å². The van der Waals surface area contributed by atoms with Gasteiger partial charge < -0.3 is 15.2 Å². The number of rotatable bonds is 5. The number of nitrogens with zero attached hydrogens (tertiary/aromatic N) is 1. The van der Waals surface area contributed by atoms with E-state index in [1.54, 1.807) is 6.92 Å². The number of nitrogens with one attached hydrogen (secondary N) is 1. The van der Waals surface area contributed by atoms with Crippen LogP contribution in [-0.4, -0.2) is 28.7 Å². The van der Waals surface area contributed by atoms with Gasteiger partial charge in [-0.3, -0.25) is 0 Å². The first kappa shape index (κ1) is 17.4. The summed E-state index contributed by atoms with van der Waals surface area (Å²) >= 11 is 0. The van der Waals surface area contributed by atoms with Crippen LogP contribution in [0.5, 0.6) is 0 Å². The minimum Gasteiger partial charge on any atom is -0.477 e. The summed E-state index contributed by atoms with van der Waals surface area (Å²) in [6.45, 7) is 4.52. The molecular weight excluding hydrogens is 316 g/mol. The van der Waals surface area contributed by atoms with Crippen LogP contribution in [0, 0.1) is 13.8 Å². The molecule has 1 saturated heterocycles. The molecular formula is C20H24N2O3. The molecule has 5 nitrogen and oxygen atoms in total. The molecule has 2 N–H and O–H groups in total. The fourth-order valence-electron chi connectivity index (χ4n) is 3.24. The Bertz CT molecular complexity index is 743. The predicted molar refractivity (Wildman–Crippen MR) is 97.1 cm³/mol. The smallest absolute Gasteiger partial charge is 0.354 e. The number of carboxylic acids is 1. The van der Waals surface area contributed by atoms with Crippen molar-refractivity contribution < 1.29 is 14.6 Å². The fourth-order valence-corrected chi connectivity index (χ4v) is 3.24. The van der Waals surface area contributed by atoms with Crippen LogP contribution in [0.4, 0.5) is 5.69 Å². The summed E-state index contributed by atoms with van der Waals surface area (Å²) in [5.74, 6) is -1.01. The van der Waals surface area contributed by atoms with Crippen LogP contribution in [0.25, 0.3) is 0 Å². The molecule has 3 rings (SSSR count). The Morgan fingerprint density at radius 3 is 2.72 bits per heavy atom. The molecule has 5 heteroatoms. The molecule has 1 aliphatic heterocycles. The zero-order valence-electron chi connectivity index (χ0n) is 14.7. The van der Waals surface area contributed by atoms with Crippen LogP contribution in [0.3, 0.4) is 0 Å². The van der Waals surface area contributed by atoms with Gasteiger partial charge in [0.15, 0.2) is 5.69 Å². The first-order valence-electron chi connectivity index (χ1n) is 8.69. The van der Waals surface area contributed by atoms with E-state index in [-0.39, 0.29) is 17.9 Å². The summed E-state index contributed by atoms with van der Waals surface area (Å²) in [5, 5.41) is 12.5. The summed E-state index contributed by atoms with van der Waals surface area (Å²) in [4.78, 5) is 15.1. The van der Waals surface area contributed by atoms with Crippen molar-refractivity contribution in [1.82, 2.24) is 4.98 Å². The maximum absolute atomic E-state index is 11.2. The van der Waals surface area contributed by atoms with E-state index in [0.717, 1.165) is 24.9 Å². The van der Waals surface area contributed by atoms with Crippen molar-refractivity contribution in [1.29, 1.82) is 0 Å². The maximum Gasteiger partial charge on any atom is 0.354 e.